The Hall–Kier alpha value is -1.82. The maximum absolute atomic E-state index is 11.5. The molecule has 3 heteroatoms. The van der Waals surface area contributed by atoms with Crippen molar-refractivity contribution in [1.82, 2.24) is 0 Å². The third-order valence-corrected chi connectivity index (χ3v) is 2.24. The molecule has 0 spiro atoms. The zero-order valence-corrected chi connectivity index (χ0v) is 9.83. The van der Waals surface area contributed by atoms with Crippen LogP contribution in [0.4, 0.5) is 0 Å². The first-order chi connectivity index (χ1) is 7.58. The lowest BCUT2D eigenvalue weighted by Crippen LogP contribution is -2.09. The number of allylic oxidation sites excluding steroid dienone is 5. The molecule has 0 saturated carbocycles. The van der Waals surface area contributed by atoms with E-state index in [0.717, 1.165) is 17.6 Å². The lowest BCUT2D eigenvalue weighted by Gasteiger charge is -2.11. The van der Waals surface area contributed by atoms with Crippen LogP contribution < -0.4 is 0 Å². The van der Waals surface area contributed by atoms with Gasteiger partial charge in [0.2, 0.25) is 0 Å². The molecular formula is C13H15NO2. The molecule has 0 aliphatic heterocycles. The first-order valence-corrected chi connectivity index (χ1v) is 5.24. The van der Waals surface area contributed by atoms with Crippen molar-refractivity contribution in [2.24, 2.45) is 0 Å². The third kappa shape index (κ3) is 2.83. The predicted molar refractivity (Wildman–Crippen MR) is 61.4 cm³/mol. The quantitative estimate of drug-likeness (QED) is 0.406. The fourth-order valence-electron chi connectivity index (χ4n) is 1.69. The summed E-state index contributed by atoms with van der Waals surface area (Å²) < 4.78 is 4.84. The number of rotatable bonds is 2. The molecule has 1 aliphatic rings. The average Bonchev–Trinajstić information content (AvgIpc) is 2.17. The Morgan fingerprint density at radius 1 is 1.44 bits per heavy atom. The monoisotopic (exact) mass is 217 g/mol. The predicted octanol–water partition coefficient (Wildman–Crippen LogP) is 2.67. The molecular weight excluding hydrogens is 202 g/mol. The van der Waals surface area contributed by atoms with Crippen LogP contribution in [0, 0.1) is 11.3 Å². The van der Waals surface area contributed by atoms with E-state index in [9.17, 15) is 4.79 Å². The van der Waals surface area contributed by atoms with Crippen LogP contribution in [-0.2, 0) is 9.53 Å². The second-order valence-electron chi connectivity index (χ2n) is 3.82. The molecule has 0 aromatic heterocycles. The highest BCUT2D eigenvalue weighted by molar-refractivity contribution is 5.95. The number of ether oxygens (including phenoxy) is 1. The molecule has 1 aliphatic carbocycles. The summed E-state index contributed by atoms with van der Waals surface area (Å²) in [5.74, 6) is -0.546. The number of hydrogen-bond donors (Lipinski definition) is 0. The second-order valence-corrected chi connectivity index (χ2v) is 3.82. The Morgan fingerprint density at radius 2 is 2.00 bits per heavy atom. The SMILES string of the molecule is CCOC(=O)C(C#N)=C1C=C(C)CC(C)=C1. The third-order valence-electron chi connectivity index (χ3n) is 2.24. The zero-order chi connectivity index (χ0) is 12.1. The lowest BCUT2D eigenvalue weighted by atomic mass is 9.94. The molecule has 0 saturated heterocycles. The molecule has 3 nitrogen and oxygen atoms in total. The van der Waals surface area contributed by atoms with Gasteiger partial charge in [0.25, 0.3) is 0 Å². The maximum atomic E-state index is 11.5. The van der Waals surface area contributed by atoms with Crippen molar-refractivity contribution in [3.8, 4) is 6.07 Å². The topological polar surface area (TPSA) is 50.1 Å². The van der Waals surface area contributed by atoms with E-state index >= 15 is 0 Å². The van der Waals surface area contributed by atoms with Gasteiger partial charge >= 0.3 is 5.97 Å². The molecule has 0 fully saturated rings. The summed E-state index contributed by atoms with van der Waals surface area (Å²) in [6, 6.07) is 1.91. The molecule has 0 unspecified atom stereocenters. The molecule has 0 aromatic carbocycles. The minimum atomic E-state index is -0.546. The van der Waals surface area contributed by atoms with Gasteiger partial charge in [-0.2, -0.15) is 5.26 Å². The van der Waals surface area contributed by atoms with Crippen LogP contribution in [0.3, 0.4) is 0 Å². The van der Waals surface area contributed by atoms with Crippen molar-refractivity contribution in [1.29, 1.82) is 5.26 Å². The molecule has 0 radical (unpaired) electrons. The number of nitrogens with zero attached hydrogens (tertiary/aromatic N) is 1. The summed E-state index contributed by atoms with van der Waals surface area (Å²) in [5, 5.41) is 8.98. The Balaban J connectivity index is 3.14. The van der Waals surface area contributed by atoms with Gasteiger partial charge in [-0.3, -0.25) is 0 Å². The normalized spacial score (nSPS) is 14.8. The van der Waals surface area contributed by atoms with Gasteiger partial charge in [-0.05, 0) is 32.8 Å². The molecule has 0 bridgehead atoms. The number of nitriles is 1. The highest BCUT2D eigenvalue weighted by Gasteiger charge is 2.16. The molecule has 16 heavy (non-hydrogen) atoms. The zero-order valence-electron chi connectivity index (χ0n) is 9.83. The highest BCUT2D eigenvalue weighted by atomic mass is 16.5. The molecule has 1 rings (SSSR count). The average molecular weight is 217 g/mol. The lowest BCUT2D eigenvalue weighted by molar-refractivity contribution is -0.138. The van der Waals surface area contributed by atoms with Crippen molar-refractivity contribution >= 4 is 5.97 Å². The summed E-state index contributed by atoms with van der Waals surface area (Å²) >= 11 is 0. The first kappa shape index (κ1) is 12.3. The van der Waals surface area contributed by atoms with Gasteiger partial charge in [0.15, 0.2) is 0 Å². The van der Waals surface area contributed by atoms with Crippen molar-refractivity contribution in [2.45, 2.75) is 27.2 Å². The van der Waals surface area contributed by atoms with Gasteiger partial charge < -0.3 is 4.74 Å². The number of hydrogen-bond acceptors (Lipinski definition) is 3. The van der Waals surface area contributed by atoms with Crippen LogP contribution in [0.15, 0.2) is 34.4 Å². The van der Waals surface area contributed by atoms with E-state index in [2.05, 4.69) is 0 Å². The van der Waals surface area contributed by atoms with Gasteiger partial charge in [0.1, 0.15) is 11.6 Å². The molecule has 0 amide bonds. The summed E-state index contributed by atoms with van der Waals surface area (Å²) in [5.41, 5.74) is 3.03. The molecule has 0 atom stereocenters. The number of carbonyl (C=O) groups is 1. The van der Waals surface area contributed by atoms with Crippen LogP contribution >= 0.6 is 0 Å². The minimum absolute atomic E-state index is 0.0836. The van der Waals surface area contributed by atoms with E-state index in [4.69, 9.17) is 10.00 Å². The van der Waals surface area contributed by atoms with E-state index in [1.165, 1.54) is 0 Å². The van der Waals surface area contributed by atoms with Gasteiger partial charge in [0, 0.05) is 0 Å². The summed E-state index contributed by atoms with van der Waals surface area (Å²) in [7, 11) is 0. The molecule has 0 aromatic rings. The van der Waals surface area contributed by atoms with Crippen LogP contribution in [0.25, 0.3) is 0 Å². The Kier molecular flexibility index (Phi) is 4.07. The van der Waals surface area contributed by atoms with Crippen molar-refractivity contribution in [3.63, 3.8) is 0 Å². The number of carbonyl (C=O) groups excluding carboxylic acids is 1. The maximum Gasteiger partial charge on any atom is 0.349 e. The van der Waals surface area contributed by atoms with Gasteiger partial charge in [-0.15, -0.1) is 0 Å². The first-order valence-electron chi connectivity index (χ1n) is 5.24. The Bertz CT molecular complexity index is 413. The fraction of sp³-hybridized carbons (Fsp3) is 0.385. The van der Waals surface area contributed by atoms with Crippen LogP contribution in [0.5, 0.6) is 0 Å². The van der Waals surface area contributed by atoms with Crippen molar-refractivity contribution in [3.05, 3.63) is 34.4 Å². The largest absolute Gasteiger partial charge is 0.462 e. The van der Waals surface area contributed by atoms with E-state index in [1.807, 2.05) is 32.1 Å². The second kappa shape index (κ2) is 5.32. The molecule has 84 valence electrons. The van der Waals surface area contributed by atoms with Gasteiger partial charge in [0.05, 0.1) is 6.61 Å². The van der Waals surface area contributed by atoms with E-state index in [0.29, 0.717) is 5.57 Å². The summed E-state index contributed by atoms with van der Waals surface area (Å²) in [6.07, 6.45) is 4.62. The summed E-state index contributed by atoms with van der Waals surface area (Å²) in [4.78, 5) is 11.5. The van der Waals surface area contributed by atoms with Crippen LogP contribution in [0.1, 0.15) is 27.2 Å². The Morgan fingerprint density at radius 3 is 2.44 bits per heavy atom. The van der Waals surface area contributed by atoms with E-state index in [-0.39, 0.29) is 12.2 Å². The highest BCUT2D eigenvalue weighted by Crippen LogP contribution is 2.23. The van der Waals surface area contributed by atoms with Crippen molar-refractivity contribution in [2.75, 3.05) is 6.61 Å². The van der Waals surface area contributed by atoms with Crippen molar-refractivity contribution < 1.29 is 9.53 Å². The standard InChI is InChI=1S/C13H15NO2/c1-4-16-13(15)12(8-14)11-6-9(2)5-10(3)7-11/h6-7H,4-5H2,1-3H3. The molecule has 0 heterocycles. The summed E-state index contributed by atoms with van der Waals surface area (Å²) in [6.45, 7) is 5.97. The number of esters is 1. The van der Waals surface area contributed by atoms with Gasteiger partial charge in [-0.25, -0.2) is 4.79 Å². The van der Waals surface area contributed by atoms with Crippen LogP contribution in [-0.4, -0.2) is 12.6 Å². The smallest absolute Gasteiger partial charge is 0.349 e. The minimum Gasteiger partial charge on any atom is -0.462 e. The Labute approximate surface area is 95.7 Å². The molecule has 0 N–H and O–H groups in total. The fourth-order valence-corrected chi connectivity index (χ4v) is 1.69. The van der Waals surface area contributed by atoms with E-state index in [1.54, 1.807) is 6.92 Å². The van der Waals surface area contributed by atoms with E-state index < -0.39 is 5.97 Å². The van der Waals surface area contributed by atoms with Crippen LogP contribution in [0.2, 0.25) is 0 Å². The van der Waals surface area contributed by atoms with Gasteiger partial charge in [-0.1, -0.05) is 23.3 Å².